The first kappa shape index (κ1) is 20.1. The number of hydrogen-bond donors (Lipinski definition) is 0. The predicted molar refractivity (Wildman–Crippen MR) is 121 cm³/mol. The summed E-state index contributed by atoms with van der Waals surface area (Å²) in [6.45, 7) is 1.98. The van der Waals surface area contributed by atoms with E-state index in [-0.39, 0.29) is 6.10 Å². The van der Waals surface area contributed by atoms with E-state index < -0.39 is 0 Å². The van der Waals surface area contributed by atoms with Crippen LogP contribution in [-0.4, -0.2) is 19.7 Å². The summed E-state index contributed by atoms with van der Waals surface area (Å²) in [4.78, 5) is 4.74. The predicted octanol–water partition coefficient (Wildman–Crippen LogP) is 6.13. The van der Waals surface area contributed by atoms with Gasteiger partial charge in [-0.25, -0.2) is 4.98 Å². The highest BCUT2D eigenvalue weighted by Crippen LogP contribution is 2.29. The molecule has 2 aromatic carbocycles. The average molecular weight is 487 g/mol. The van der Waals surface area contributed by atoms with Crippen molar-refractivity contribution in [3.8, 4) is 16.3 Å². The van der Waals surface area contributed by atoms with Crippen molar-refractivity contribution < 1.29 is 4.74 Å². The van der Waals surface area contributed by atoms with Crippen LogP contribution in [0.15, 0.2) is 69.6 Å². The molecule has 0 amide bonds. The molecule has 0 radical (unpaired) electrons. The molecule has 1 atom stereocenters. The van der Waals surface area contributed by atoms with Gasteiger partial charge in [0.2, 0.25) is 0 Å². The highest BCUT2D eigenvalue weighted by Gasteiger charge is 2.17. The maximum absolute atomic E-state index is 6.00. The largest absolute Gasteiger partial charge is 0.483 e. The highest BCUT2D eigenvalue weighted by molar-refractivity contribution is 9.10. The Bertz CT molecular complexity index is 1080. The molecular formula is C21H19BrN4OS2. The van der Waals surface area contributed by atoms with Crippen molar-refractivity contribution in [2.24, 2.45) is 7.05 Å². The maximum Gasteiger partial charge on any atom is 0.191 e. The quantitative estimate of drug-likeness (QED) is 0.294. The average Bonchev–Trinajstić information content (AvgIpc) is 3.35. The zero-order valence-corrected chi connectivity index (χ0v) is 19.2. The summed E-state index contributed by atoms with van der Waals surface area (Å²) in [5.41, 5.74) is 2.19. The van der Waals surface area contributed by atoms with Crippen LogP contribution >= 0.6 is 39.0 Å². The summed E-state index contributed by atoms with van der Waals surface area (Å²) in [6, 6.07) is 18.0. The Kier molecular flexibility index (Phi) is 6.32. The minimum atomic E-state index is -0.202. The molecule has 0 fully saturated rings. The van der Waals surface area contributed by atoms with Gasteiger partial charge in [-0.3, -0.25) is 0 Å². The third kappa shape index (κ3) is 4.88. The van der Waals surface area contributed by atoms with E-state index in [9.17, 15) is 0 Å². The lowest BCUT2D eigenvalue weighted by atomic mass is 10.2. The summed E-state index contributed by atoms with van der Waals surface area (Å²) in [5.74, 6) is 2.34. The van der Waals surface area contributed by atoms with Gasteiger partial charge in [0.1, 0.15) is 10.8 Å². The monoisotopic (exact) mass is 486 g/mol. The van der Waals surface area contributed by atoms with Gasteiger partial charge in [0.05, 0.1) is 5.69 Å². The Morgan fingerprint density at radius 1 is 1.10 bits per heavy atom. The van der Waals surface area contributed by atoms with Gasteiger partial charge in [0, 0.05) is 28.2 Å². The number of halogens is 1. The van der Waals surface area contributed by atoms with Gasteiger partial charge in [-0.05, 0) is 31.2 Å². The van der Waals surface area contributed by atoms with Crippen molar-refractivity contribution in [3.63, 3.8) is 0 Å². The molecule has 29 heavy (non-hydrogen) atoms. The molecule has 0 aliphatic carbocycles. The third-order valence-corrected chi connectivity index (χ3v) is 6.80. The van der Waals surface area contributed by atoms with Crippen LogP contribution in [0.2, 0.25) is 0 Å². The number of thiazole rings is 1. The molecule has 0 aliphatic heterocycles. The van der Waals surface area contributed by atoms with Gasteiger partial charge in [-0.15, -0.1) is 21.5 Å². The second kappa shape index (κ2) is 9.11. The van der Waals surface area contributed by atoms with Gasteiger partial charge in [0.25, 0.3) is 0 Å². The van der Waals surface area contributed by atoms with Gasteiger partial charge >= 0.3 is 0 Å². The molecule has 0 spiro atoms. The molecule has 0 aliphatic rings. The van der Waals surface area contributed by atoms with E-state index in [1.807, 2.05) is 61.0 Å². The van der Waals surface area contributed by atoms with Crippen molar-refractivity contribution >= 4 is 39.0 Å². The SMILES string of the molecule is CC(Oc1ccc(Br)cc1)c1nnc(SCc2csc(-c3ccccc3)n2)n1C. The first-order valence-electron chi connectivity index (χ1n) is 9.04. The topological polar surface area (TPSA) is 52.8 Å². The molecule has 2 aromatic heterocycles. The normalized spacial score (nSPS) is 12.1. The molecule has 8 heteroatoms. The lowest BCUT2D eigenvalue weighted by Crippen LogP contribution is -2.10. The summed E-state index contributed by atoms with van der Waals surface area (Å²) in [7, 11) is 1.97. The number of thioether (sulfide) groups is 1. The molecule has 1 unspecified atom stereocenters. The number of benzene rings is 2. The fraction of sp³-hybridized carbons (Fsp3) is 0.190. The first-order chi connectivity index (χ1) is 14.1. The van der Waals surface area contributed by atoms with Crippen LogP contribution in [0.1, 0.15) is 24.5 Å². The van der Waals surface area contributed by atoms with Crippen LogP contribution in [0.5, 0.6) is 5.75 Å². The van der Waals surface area contributed by atoms with Crippen LogP contribution in [0, 0.1) is 0 Å². The highest BCUT2D eigenvalue weighted by atomic mass is 79.9. The third-order valence-electron chi connectivity index (χ3n) is 4.28. The van der Waals surface area contributed by atoms with Gasteiger partial charge in [0.15, 0.2) is 17.1 Å². The van der Waals surface area contributed by atoms with Crippen LogP contribution in [-0.2, 0) is 12.8 Å². The van der Waals surface area contributed by atoms with E-state index in [1.54, 1.807) is 23.1 Å². The van der Waals surface area contributed by atoms with Gasteiger partial charge < -0.3 is 9.30 Å². The van der Waals surface area contributed by atoms with Crippen molar-refractivity contribution in [1.29, 1.82) is 0 Å². The zero-order chi connectivity index (χ0) is 20.2. The minimum Gasteiger partial charge on any atom is -0.483 e. The van der Waals surface area contributed by atoms with E-state index in [4.69, 9.17) is 9.72 Å². The fourth-order valence-electron chi connectivity index (χ4n) is 2.80. The molecular weight excluding hydrogens is 468 g/mol. The fourth-order valence-corrected chi connectivity index (χ4v) is 4.81. The van der Waals surface area contributed by atoms with E-state index in [0.29, 0.717) is 0 Å². The number of nitrogens with zero attached hydrogens (tertiary/aromatic N) is 4. The molecule has 5 nitrogen and oxygen atoms in total. The van der Waals surface area contributed by atoms with Crippen LogP contribution < -0.4 is 4.74 Å². The Labute approximate surface area is 186 Å². The van der Waals surface area contributed by atoms with Crippen LogP contribution in [0.3, 0.4) is 0 Å². The van der Waals surface area contributed by atoms with E-state index >= 15 is 0 Å². The number of aromatic nitrogens is 4. The second-order valence-electron chi connectivity index (χ2n) is 6.41. The minimum absolute atomic E-state index is 0.202. The first-order valence-corrected chi connectivity index (χ1v) is 11.7. The van der Waals surface area contributed by atoms with E-state index in [2.05, 4.69) is 43.6 Å². The van der Waals surface area contributed by atoms with Gasteiger partial charge in [-0.1, -0.05) is 58.0 Å². The molecule has 0 bridgehead atoms. The Balaban J connectivity index is 1.40. The molecule has 4 aromatic rings. The second-order valence-corrected chi connectivity index (χ2v) is 9.13. The van der Waals surface area contributed by atoms with Gasteiger partial charge in [-0.2, -0.15) is 0 Å². The standard InChI is InChI=1S/C21H19BrN4OS2/c1-14(27-18-10-8-16(22)9-11-18)19-24-25-21(26(19)2)29-13-17-12-28-20(23-17)15-6-4-3-5-7-15/h3-12,14H,13H2,1-2H3. The van der Waals surface area contributed by atoms with Crippen molar-refractivity contribution in [1.82, 2.24) is 19.7 Å². The van der Waals surface area contributed by atoms with Crippen LogP contribution in [0.4, 0.5) is 0 Å². The summed E-state index contributed by atoms with van der Waals surface area (Å²) < 4.78 is 9.01. The summed E-state index contributed by atoms with van der Waals surface area (Å²) in [5, 5.41) is 12.7. The maximum atomic E-state index is 6.00. The Morgan fingerprint density at radius 3 is 2.62 bits per heavy atom. The number of ether oxygens (including phenoxy) is 1. The van der Waals surface area contributed by atoms with Crippen molar-refractivity contribution in [3.05, 3.63) is 76.0 Å². The number of rotatable bonds is 7. The summed E-state index contributed by atoms with van der Waals surface area (Å²) in [6.07, 6.45) is -0.202. The van der Waals surface area contributed by atoms with E-state index in [0.717, 1.165) is 43.2 Å². The number of hydrogen-bond acceptors (Lipinski definition) is 6. The van der Waals surface area contributed by atoms with Crippen molar-refractivity contribution in [2.75, 3.05) is 0 Å². The lowest BCUT2D eigenvalue weighted by molar-refractivity contribution is 0.211. The lowest BCUT2D eigenvalue weighted by Gasteiger charge is -2.14. The zero-order valence-electron chi connectivity index (χ0n) is 15.9. The summed E-state index contributed by atoms with van der Waals surface area (Å²) >= 11 is 6.72. The Morgan fingerprint density at radius 2 is 1.86 bits per heavy atom. The molecule has 0 saturated carbocycles. The molecule has 148 valence electrons. The molecule has 4 rings (SSSR count). The molecule has 2 heterocycles. The Hall–Kier alpha value is -2.16. The van der Waals surface area contributed by atoms with Crippen LogP contribution in [0.25, 0.3) is 10.6 Å². The smallest absolute Gasteiger partial charge is 0.191 e. The molecule has 0 N–H and O–H groups in total. The molecule has 0 saturated heterocycles. The van der Waals surface area contributed by atoms with E-state index in [1.165, 1.54) is 0 Å². The van der Waals surface area contributed by atoms with Crippen molar-refractivity contribution in [2.45, 2.75) is 23.9 Å².